The maximum Gasteiger partial charge on any atom is 0.346 e. The second kappa shape index (κ2) is 5.72. The van der Waals surface area contributed by atoms with Crippen LogP contribution in [0.3, 0.4) is 0 Å². The summed E-state index contributed by atoms with van der Waals surface area (Å²) in [5.74, 6) is -1.39. The topological polar surface area (TPSA) is 74.2 Å². The summed E-state index contributed by atoms with van der Waals surface area (Å²) in [5, 5.41) is 17.4. The molecule has 6 heteroatoms. The quantitative estimate of drug-likeness (QED) is 0.683. The van der Waals surface area contributed by atoms with E-state index in [1.807, 2.05) is 0 Å². The highest BCUT2D eigenvalue weighted by Gasteiger charge is 2.11. The summed E-state index contributed by atoms with van der Waals surface area (Å²) in [6.07, 6.45) is 1.09. The summed E-state index contributed by atoms with van der Waals surface area (Å²) in [6.45, 7) is 0. The van der Waals surface area contributed by atoms with Gasteiger partial charge in [-0.05, 0) is 30.3 Å². The number of carboxylic acid groups (broad SMARTS) is 1. The van der Waals surface area contributed by atoms with Crippen LogP contribution in [-0.4, -0.2) is 11.1 Å². The molecule has 0 saturated carbocycles. The number of rotatable bonds is 3. The molecule has 0 unspecified atom stereocenters. The Morgan fingerprint density at radius 2 is 2.15 bits per heavy atom. The zero-order valence-electron chi connectivity index (χ0n) is 9.93. The second-order valence-corrected chi connectivity index (χ2v) is 4.72. The first-order valence-electron chi connectivity index (χ1n) is 5.41. The molecule has 0 saturated heterocycles. The van der Waals surface area contributed by atoms with E-state index in [0.29, 0.717) is 4.47 Å². The number of benzene rings is 1. The van der Waals surface area contributed by atoms with E-state index in [1.54, 1.807) is 6.07 Å². The summed E-state index contributed by atoms with van der Waals surface area (Å²) >= 11 is 3.15. The SMILES string of the molecule is N#C/C(=C\c1ccc(-c2ccc(Br)cc2F)o1)C(=O)O. The van der Waals surface area contributed by atoms with Crippen LogP contribution in [0, 0.1) is 17.1 Å². The Bertz CT molecular complexity index is 743. The number of furan rings is 1. The summed E-state index contributed by atoms with van der Waals surface area (Å²) in [4.78, 5) is 10.7. The van der Waals surface area contributed by atoms with Crippen molar-refractivity contribution < 1.29 is 18.7 Å². The van der Waals surface area contributed by atoms with Gasteiger partial charge in [0.25, 0.3) is 0 Å². The molecule has 0 aliphatic carbocycles. The van der Waals surface area contributed by atoms with Crippen LogP contribution < -0.4 is 0 Å². The zero-order valence-corrected chi connectivity index (χ0v) is 11.5. The van der Waals surface area contributed by atoms with E-state index < -0.39 is 17.4 Å². The molecule has 0 radical (unpaired) electrons. The lowest BCUT2D eigenvalue weighted by atomic mass is 10.1. The molecule has 20 heavy (non-hydrogen) atoms. The van der Waals surface area contributed by atoms with Gasteiger partial charge in [-0.2, -0.15) is 5.26 Å². The van der Waals surface area contributed by atoms with Crippen molar-refractivity contribution in [1.29, 1.82) is 5.26 Å². The van der Waals surface area contributed by atoms with E-state index in [9.17, 15) is 9.18 Å². The number of carbonyl (C=O) groups is 1. The van der Waals surface area contributed by atoms with Gasteiger partial charge < -0.3 is 9.52 Å². The summed E-state index contributed by atoms with van der Waals surface area (Å²) < 4.78 is 19.7. The van der Waals surface area contributed by atoms with E-state index in [0.717, 1.165) is 6.08 Å². The Morgan fingerprint density at radius 1 is 1.40 bits per heavy atom. The molecule has 1 N–H and O–H groups in total. The predicted molar refractivity (Wildman–Crippen MR) is 73.0 cm³/mol. The van der Waals surface area contributed by atoms with Crippen LogP contribution in [0.25, 0.3) is 17.4 Å². The lowest BCUT2D eigenvalue weighted by Crippen LogP contribution is -1.96. The molecule has 0 atom stereocenters. The van der Waals surface area contributed by atoms with Gasteiger partial charge in [-0.3, -0.25) is 0 Å². The average Bonchev–Trinajstić information content (AvgIpc) is 2.83. The average molecular weight is 336 g/mol. The van der Waals surface area contributed by atoms with E-state index in [-0.39, 0.29) is 17.1 Å². The molecular formula is C14H7BrFNO3. The molecule has 0 spiro atoms. The molecule has 100 valence electrons. The molecular weight excluding hydrogens is 329 g/mol. The standard InChI is InChI=1S/C14H7BrFNO3/c15-9-1-3-11(12(16)6-9)13-4-2-10(20-13)5-8(7-17)14(18)19/h1-6H,(H,18,19)/b8-5+. The van der Waals surface area contributed by atoms with Crippen molar-refractivity contribution in [2.45, 2.75) is 0 Å². The zero-order chi connectivity index (χ0) is 14.7. The van der Waals surface area contributed by atoms with Gasteiger partial charge in [0.05, 0.1) is 5.56 Å². The summed E-state index contributed by atoms with van der Waals surface area (Å²) in [7, 11) is 0. The number of hydrogen-bond donors (Lipinski definition) is 1. The molecule has 1 heterocycles. The fraction of sp³-hybridized carbons (Fsp3) is 0. The fourth-order valence-corrected chi connectivity index (χ4v) is 1.88. The van der Waals surface area contributed by atoms with Gasteiger partial charge in [0, 0.05) is 10.5 Å². The molecule has 4 nitrogen and oxygen atoms in total. The minimum atomic E-state index is -1.35. The summed E-state index contributed by atoms with van der Waals surface area (Å²) in [5.41, 5.74) is -0.205. The van der Waals surface area contributed by atoms with Crippen LogP contribution in [0.1, 0.15) is 5.76 Å². The summed E-state index contributed by atoms with van der Waals surface area (Å²) in [6, 6.07) is 9.01. The third-order valence-electron chi connectivity index (χ3n) is 2.46. The number of halogens is 2. The molecule has 1 aromatic carbocycles. The Balaban J connectivity index is 2.39. The van der Waals surface area contributed by atoms with Crippen molar-refractivity contribution in [2.75, 3.05) is 0 Å². The van der Waals surface area contributed by atoms with E-state index in [4.69, 9.17) is 14.8 Å². The van der Waals surface area contributed by atoms with E-state index >= 15 is 0 Å². The van der Waals surface area contributed by atoms with Gasteiger partial charge in [0.15, 0.2) is 0 Å². The molecule has 2 rings (SSSR count). The van der Waals surface area contributed by atoms with E-state index in [2.05, 4.69) is 15.9 Å². The van der Waals surface area contributed by atoms with E-state index in [1.165, 1.54) is 30.3 Å². The van der Waals surface area contributed by atoms with Crippen molar-refractivity contribution in [2.24, 2.45) is 0 Å². The van der Waals surface area contributed by atoms with Gasteiger partial charge in [-0.15, -0.1) is 0 Å². The van der Waals surface area contributed by atoms with Crippen molar-refractivity contribution in [1.82, 2.24) is 0 Å². The molecule has 0 aliphatic heterocycles. The number of aliphatic carboxylic acids is 1. The van der Waals surface area contributed by atoms with Gasteiger partial charge in [0.2, 0.25) is 0 Å². The number of nitriles is 1. The first-order chi connectivity index (χ1) is 9.51. The van der Waals surface area contributed by atoms with Crippen molar-refractivity contribution in [3.63, 3.8) is 0 Å². The second-order valence-electron chi connectivity index (χ2n) is 3.80. The molecule has 0 fully saturated rings. The molecule has 0 aliphatic rings. The maximum absolute atomic E-state index is 13.8. The minimum Gasteiger partial charge on any atom is -0.477 e. The number of hydrogen-bond acceptors (Lipinski definition) is 3. The van der Waals surface area contributed by atoms with Crippen LogP contribution in [0.4, 0.5) is 4.39 Å². The monoisotopic (exact) mass is 335 g/mol. The fourth-order valence-electron chi connectivity index (χ4n) is 1.55. The Morgan fingerprint density at radius 3 is 2.75 bits per heavy atom. The molecule has 1 aromatic heterocycles. The van der Waals surface area contributed by atoms with Crippen LogP contribution in [0.5, 0.6) is 0 Å². The lowest BCUT2D eigenvalue weighted by Gasteiger charge is -1.99. The van der Waals surface area contributed by atoms with Crippen LogP contribution in [0.15, 0.2) is 44.8 Å². The molecule has 2 aromatic rings. The highest BCUT2D eigenvalue weighted by molar-refractivity contribution is 9.10. The highest BCUT2D eigenvalue weighted by atomic mass is 79.9. The van der Waals surface area contributed by atoms with Gasteiger partial charge in [-0.1, -0.05) is 15.9 Å². The largest absolute Gasteiger partial charge is 0.477 e. The van der Waals surface area contributed by atoms with Crippen LogP contribution in [-0.2, 0) is 4.79 Å². The lowest BCUT2D eigenvalue weighted by molar-refractivity contribution is -0.132. The Hall–Kier alpha value is -2.39. The first-order valence-corrected chi connectivity index (χ1v) is 6.21. The highest BCUT2D eigenvalue weighted by Crippen LogP contribution is 2.27. The Labute approximate surface area is 121 Å². The molecule has 0 amide bonds. The van der Waals surface area contributed by atoms with Gasteiger partial charge >= 0.3 is 5.97 Å². The number of nitrogens with zero attached hydrogens (tertiary/aromatic N) is 1. The Kier molecular flexibility index (Phi) is 4.01. The van der Waals surface area contributed by atoms with Crippen molar-refractivity contribution >= 4 is 28.0 Å². The number of carboxylic acids is 1. The predicted octanol–water partition coefficient (Wildman–Crippen LogP) is 3.84. The first kappa shape index (κ1) is 14.0. The third kappa shape index (κ3) is 2.95. The van der Waals surface area contributed by atoms with Crippen molar-refractivity contribution in [3.05, 3.63) is 52.0 Å². The van der Waals surface area contributed by atoms with Gasteiger partial charge in [-0.25, -0.2) is 9.18 Å². The third-order valence-corrected chi connectivity index (χ3v) is 2.95. The normalized spacial score (nSPS) is 11.2. The van der Waals surface area contributed by atoms with Crippen LogP contribution >= 0.6 is 15.9 Å². The van der Waals surface area contributed by atoms with Crippen molar-refractivity contribution in [3.8, 4) is 17.4 Å². The van der Waals surface area contributed by atoms with Gasteiger partial charge in [0.1, 0.15) is 29.0 Å². The van der Waals surface area contributed by atoms with Crippen LogP contribution in [0.2, 0.25) is 0 Å². The smallest absolute Gasteiger partial charge is 0.346 e. The minimum absolute atomic E-state index is 0.168. The molecule has 0 bridgehead atoms. The maximum atomic E-state index is 13.8.